The van der Waals surface area contributed by atoms with E-state index in [-0.39, 0.29) is 25.9 Å². The summed E-state index contributed by atoms with van der Waals surface area (Å²) in [7, 11) is 0. The van der Waals surface area contributed by atoms with Gasteiger partial charge in [-0.2, -0.15) is 26.3 Å². The second-order valence-corrected chi connectivity index (χ2v) is 7.36. The summed E-state index contributed by atoms with van der Waals surface area (Å²) in [6.45, 7) is -0.0314. The third-order valence-electron chi connectivity index (χ3n) is 3.56. The van der Waals surface area contributed by atoms with Gasteiger partial charge in [-0.25, -0.2) is 9.18 Å². The molecule has 0 aromatic heterocycles. The van der Waals surface area contributed by atoms with Crippen LogP contribution >= 0.6 is 22.6 Å². The Bertz CT molecular complexity index is 558. The Hall–Kier alpha value is -1.07. The van der Waals surface area contributed by atoms with Gasteiger partial charge in [0.25, 0.3) is 5.67 Å². The number of alkyl halides is 8. The van der Waals surface area contributed by atoms with E-state index in [1.807, 2.05) is 0 Å². The lowest BCUT2D eigenvalue weighted by molar-refractivity contribution is -0.342. The van der Waals surface area contributed by atoms with Gasteiger partial charge in [0.2, 0.25) is 0 Å². The fourth-order valence-electron chi connectivity index (χ4n) is 2.09. The molecule has 148 valence electrons. The second kappa shape index (κ2) is 9.23. The first-order valence-electron chi connectivity index (χ1n) is 7.57. The molecule has 0 saturated carbocycles. The van der Waals surface area contributed by atoms with Crippen molar-refractivity contribution in [2.45, 2.75) is 47.6 Å². The quantitative estimate of drug-likeness (QED) is 0.143. The largest absolute Gasteiger partial charge is 0.462 e. The van der Waals surface area contributed by atoms with Gasteiger partial charge in [-0.15, -0.1) is 0 Å². The number of halogens is 8. The highest BCUT2D eigenvalue weighted by Crippen LogP contribution is 2.50. The first-order valence-corrected chi connectivity index (χ1v) is 8.81. The van der Waals surface area contributed by atoms with Gasteiger partial charge in [-0.3, -0.25) is 0 Å². The van der Waals surface area contributed by atoms with Gasteiger partial charge in [-0.1, -0.05) is 40.8 Å². The van der Waals surface area contributed by atoms with Crippen molar-refractivity contribution in [2.75, 3.05) is 6.61 Å². The van der Waals surface area contributed by atoms with Crippen LogP contribution < -0.4 is 0 Å². The number of carbonyl (C=O) groups is 1. The van der Waals surface area contributed by atoms with Crippen LogP contribution in [0.5, 0.6) is 0 Å². The molecule has 0 heterocycles. The molecule has 2 nitrogen and oxygen atoms in total. The molecule has 0 aliphatic rings. The highest BCUT2D eigenvalue weighted by Gasteiger charge is 2.72. The maximum atomic E-state index is 13.6. The fraction of sp³-hybridized carbons (Fsp3) is 0.562. The van der Waals surface area contributed by atoms with Gasteiger partial charge in [0, 0.05) is 10.3 Å². The van der Waals surface area contributed by atoms with Gasteiger partial charge in [0.1, 0.15) is 0 Å². The molecule has 1 rings (SSSR count). The van der Waals surface area contributed by atoms with Crippen LogP contribution in [0.3, 0.4) is 0 Å². The van der Waals surface area contributed by atoms with E-state index in [4.69, 9.17) is 4.74 Å². The van der Waals surface area contributed by atoms with Crippen LogP contribution in [0.25, 0.3) is 0 Å². The monoisotopic (exact) mass is 500 g/mol. The summed E-state index contributed by atoms with van der Waals surface area (Å²) < 4.78 is 92.4. The Kier molecular flexibility index (Phi) is 8.15. The predicted molar refractivity (Wildman–Crippen MR) is 88.9 cm³/mol. The summed E-state index contributed by atoms with van der Waals surface area (Å²) in [6, 6.07) is 8.07. The first-order chi connectivity index (χ1) is 11.9. The molecule has 0 radical (unpaired) electrons. The van der Waals surface area contributed by atoms with E-state index >= 15 is 0 Å². The number of ether oxygens (including phenoxy) is 1. The number of hydrogen-bond donors (Lipinski definition) is 0. The van der Waals surface area contributed by atoms with E-state index in [1.165, 1.54) is 34.7 Å². The van der Waals surface area contributed by atoms with Crippen molar-refractivity contribution >= 4 is 28.6 Å². The molecule has 0 saturated heterocycles. The molecule has 0 spiro atoms. The van der Waals surface area contributed by atoms with Crippen molar-refractivity contribution in [3.8, 4) is 0 Å². The van der Waals surface area contributed by atoms with E-state index < -0.39 is 34.3 Å². The van der Waals surface area contributed by atoms with E-state index in [1.54, 1.807) is 18.2 Å². The summed E-state index contributed by atoms with van der Waals surface area (Å²) >= 11 is 1.37. The standard InChI is InChI=1S/C16H16F7IO2/c17-14(15(18,19)20,16(21,22)23)10-12(24)8-4-5-9-26-13(25)11-6-2-1-3-7-11/h1-3,6-7,12H,4-5,8-10H2. The highest BCUT2D eigenvalue weighted by molar-refractivity contribution is 14.1. The van der Waals surface area contributed by atoms with E-state index in [0.717, 1.165) is 0 Å². The SMILES string of the molecule is O=C(OCCCCC(I)CC(F)(C(F)(F)F)C(F)(F)F)c1ccccc1. The molecule has 1 aromatic carbocycles. The van der Waals surface area contributed by atoms with Crippen LogP contribution in [0.1, 0.15) is 36.0 Å². The molecule has 0 bridgehead atoms. The lowest BCUT2D eigenvalue weighted by Gasteiger charge is -2.31. The van der Waals surface area contributed by atoms with E-state index in [2.05, 4.69) is 0 Å². The maximum absolute atomic E-state index is 13.6. The molecule has 1 atom stereocenters. The minimum Gasteiger partial charge on any atom is -0.462 e. The van der Waals surface area contributed by atoms with Crippen LogP contribution in [0.4, 0.5) is 30.7 Å². The number of benzene rings is 1. The minimum absolute atomic E-state index is 0.0314. The average molecular weight is 500 g/mol. The maximum Gasteiger partial charge on any atom is 0.431 e. The van der Waals surface area contributed by atoms with Crippen molar-refractivity contribution in [3.05, 3.63) is 35.9 Å². The molecule has 0 aliphatic heterocycles. The second-order valence-electron chi connectivity index (χ2n) is 5.60. The smallest absolute Gasteiger partial charge is 0.431 e. The Morgan fingerprint density at radius 1 is 0.962 bits per heavy atom. The zero-order chi connectivity index (χ0) is 20.0. The molecule has 10 heteroatoms. The van der Waals surface area contributed by atoms with Crippen LogP contribution in [0, 0.1) is 0 Å². The van der Waals surface area contributed by atoms with Gasteiger partial charge in [0.15, 0.2) is 0 Å². The summed E-state index contributed by atoms with van der Waals surface area (Å²) in [6.07, 6.45) is -13.4. The molecular formula is C16H16F7IO2. The number of carbonyl (C=O) groups excluding carboxylic acids is 1. The van der Waals surface area contributed by atoms with Crippen molar-refractivity contribution in [1.82, 2.24) is 0 Å². The van der Waals surface area contributed by atoms with Crippen LogP contribution in [0.15, 0.2) is 30.3 Å². The molecule has 0 fully saturated rings. The predicted octanol–water partition coefficient (Wildman–Crippen LogP) is 6.04. The van der Waals surface area contributed by atoms with Crippen LogP contribution in [-0.2, 0) is 4.74 Å². The molecule has 0 N–H and O–H groups in total. The molecule has 26 heavy (non-hydrogen) atoms. The van der Waals surface area contributed by atoms with Crippen molar-refractivity contribution < 1.29 is 40.3 Å². The third kappa shape index (κ3) is 6.27. The third-order valence-corrected chi connectivity index (χ3v) is 4.62. The zero-order valence-corrected chi connectivity index (χ0v) is 15.5. The Morgan fingerprint density at radius 3 is 2.00 bits per heavy atom. The number of unbranched alkanes of at least 4 members (excludes halogenated alkanes) is 1. The number of rotatable bonds is 8. The fourth-order valence-corrected chi connectivity index (χ4v) is 3.14. The first kappa shape index (κ1) is 23.0. The van der Waals surface area contributed by atoms with Gasteiger partial charge in [0.05, 0.1) is 12.2 Å². The van der Waals surface area contributed by atoms with Crippen molar-refractivity contribution in [3.63, 3.8) is 0 Å². The summed E-state index contributed by atoms with van der Waals surface area (Å²) in [4.78, 5) is 11.6. The number of esters is 1. The topological polar surface area (TPSA) is 26.3 Å². The van der Waals surface area contributed by atoms with E-state index in [9.17, 15) is 35.5 Å². The van der Waals surface area contributed by atoms with Crippen molar-refractivity contribution in [2.24, 2.45) is 0 Å². The van der Waals surface area contributed by atoms with Crippen LogP contribution in [-0.4, -0.2) is 34.5 Å². The van der Waals surface area contributed by atoms with Crippen molar-refractivity contribution in [1.29, 1.82) is 0 Å². The van der Waals surface area contributed by atoms with E-state index in [0.29, 0.717) is 5.56 Å². The molecule has 1 aromatic rings. The normalized spacial score (nSPS) is 14.2. The van der Waals surface area contributed by atoms with Gasteiger partial charge >= 0.3 is 18.3 Å². The lowest BCUT2D eigenvalue weighted by atomic mass is 9.96. The zero-order valence-electron chi connectivity index (χ0n) is 13.3. The minimum atomic E-state index is -6.03. The lowest BCUT2D eigenvalue weighted by Crippen LogP contribution is -2.54. The summed E-state index contributed by atoms with van der Waals surface area (Å²) in [5.74, 6) is -0.575. The average Bonchev–Trinajstić information content (AvgIpc) is 2.53. The Labute approximate surface area is 159 Å². The Morgan fingerprint density at radius 2 is 1.50 bits per heavy atom. The number of hydrogen-bond acceptors (Lipinski definition) is 2. The summed E-state index contributed by atoms with van der Waals surface area (Å²) in [5, 5.41) is 0. The molecule has 0 aliphatic carbocycles. The van der Waals surface area contributed by atoms with Crippen LogP contribution in [0.2, 0.25) is 0 Å². The highest BCUT2D eigenvalue weighted by atomic mass is 127. The molecule has 0 amide bonds. The molecule has 1 unspecified atom stereocenters. The van der Waals surface area contributed by atoms with Gasteiger partial charge in [-0.05, 0) is 31.4 Å². The summed E-state index contributed by atoms with van der Waals surface area (Å²) in [5.41, 5.74) is -4.90. The Balaban J connectivity index is 2.40. The molecular weight excluding hydrogens is 484 g/mol. The van der Waals surface area contributed by atoms with Gasteiger partial charge < -0.3 is 4.74 Å².